The molecule has 6 nitrogen and oxygen atoms in total. The maximum absolute atomic E-state index is 12.9. The van der Waals surface area contributed by atoms with Gasteiger partial charge in [0.05, 0.1) is 17.0 Å². The molecule has 0 spiro atoms. The Kier molecular flexibility index (Phi) is 5.77. The molecule has 3 aromatic rings. The second-order valence-electron chi connectivity index (χ2n) is 6.63. The van der Waals surface area contributed by atoms with E-state index in [-0.39, 0.29) is 11.6 Å². The molecule has 0 aliphatic heterocycles. The number of benzene rings is 1. The van der Waals surface area contributed by atoms with Crippen LogP contribution < -0.4 is 11.2 Å². The fourth-order valence-corrected chi connectivity index (χ4v) is 3.95. The third kappa shape index (κ3) is 3.44. The minimum absolute atomic E-state index is 0.157. The van der Waals surface area contributed by atoms with Gasteiger partial charge in [-0.3, -0.25) is 9.36 Å². The van der Waals surface area contributed by atoms with E-state index in [1.807, 2.05) is 4.57 Å². The molecule has 0 aliphatic rings. The minimum Gasteiger partial charge on any atom is -0.322 e. The maximum atomic E-state index is 12.9. The fraction of sp³-hybridized carbons (Fsp3) is 0.421. The van der Waals surface area contributed by atoms with Crippen molar-refractivity contribution < 1.29 is 0 Å². The topological polar surface area (TPSA) is 61.8 Å². The monoisotopic (exact) mass is 408 g/mol. The van der Waals surface area contributed by atoms with Gasteiger partial charge in [-0.2, -0.15) is 0 Å². The molecule has 0 atom stereocenters. The number of aromatic nitrogens is 4. The number of imidazole rings is 1. The van der Waals surface area contributed by atoms with E-state index in [9.17, 15) is 9.59 Å². The summed E-state index contributed by atoms with van der Waals surface area (Å²) in [6, 6.07) is 5.03. The van der Waals surface area contributed by atoms with E-state index in [0.29, 0.717) is 26.9 Å². The Morgan fingerprint density at radius 2 is 1.78 bits per heavy atom. The van der Waals surface area contributed by atoms with Crippen molar-refractivity contribution >= 4 is 34.4 Å². The Balaban J connectivity index is 2.37. The predicted octanol–water partition coefficient (Wildman–Crippen LogP) is 4.33. The Morgan fingerprint density at radius 3 is 2.37 bits per heavy atom. The summed E-state index contributed by atoms with van der Waals surface area (Å²) in [5, 5.41) is 0.784. The highest BCUT2D eigenvalue weighted by atomic mass is 35.5. The van der Waals surface area contributed by atoms with Crippen LogP contribution in [0.25, 0.3) is 16.9 Å². The number of hydrogen-bond donors (Lipinski definition) is 0. The van der Waals surface area contributed by atoms with E-state index in [0.717, 1.165) is 30.3 Å². The molecule has 1 aromatic carbocycles. The van der Waals surface area contributed by atoms with Crippen LogP contribution in [0.1, 0.15) is 45.6 Å². The van der Waals surface area contributed by atoms with Gasteiger partial charge < -0.3 is 4.57 Å². The van der Waals surface area contributed by atoms with Crippen molar-refractivity contribution in [2.45, 2.75) is 45.6 Å². The molecule has 0 N–H and O–H groups in total. The lowest BCUT2D eigenvalue weighted by atomic mass is 10.1. The largest absolute Gasteiger partial charge is 0.337 e. The SMILES string of the molecule is CCCC(CCC)n1cnc2c1c(=O)n(C)c(=O)n2-c1ccc(Cl)cc1Cl. The van der Waals surface area contributed by atoms with E-state index < -0.39 is 5.69 Å². The van der Waals surface area contributed by atoms with Crippen molar-refractivity contribution in [2.24, 2.45) is 7.05 Å². The fourth-order valence-electron chi connectivity index (χ4n) is 3.45. The number of hydrogen-bond acceptors (Lipinski definition) is 3. The van der Waals surface area contributed by atoms with Gasteiger partial charge in [0.2, 0.25) is 0 Å². The summed E-state index contributed by atoms with van der Waals surface area (Å²) in [6.45, 7) is 4.23. The zero-order chi connectivity index (χ0) is 19.7. The number of nitrogens with zero attached hydrogens (tertiary/aromatic N) is 4. The van der Waals surface area contributed by atoms with Gasteiger partial charge in [-0.25, -0.2) is 14.3 Å². The van der Waals surface area contributed by atoms with Gasteiger partial charge in [-0.05, 0) is 31.0 Å². The van der Waals surface area contributed by atoms with E-state index >= 15 is 0 Å². The summed E-state index contributed by atoms with van der Waals surface area (Å²) in [6.07, 6.45) is 5.51. The van der Waals surface area contributed by atoms with Crippen molar-refractivity contribution in [3.8, 4) is 5.69 Å². The van der Waals surface area contributed by atoms with Crippen LogP contribution in [0, 0.1) is 0 Å². The molecule has 0 radical (unpaired) electrons. The van der Waals surface area contributed by atoms with Crippen LogP contribution in [0.2, 0.25) is 10.0 Å². The highest BCUT2D eigenvalue weighted by Crippen LogP contribution is 2.27. The van der Waals surface area contributed by atoms with Crippen LogP contribution in [-0.4, -0.2) is 18.7 Å². The van der Waals surface area contributed by atoms with Gasteiger partial charge >= 0.3 is 5.69 Å². The summed E-state index contributed by atoms with van der Waals surface area (Å²) >= 11 is 12.3. The first-order chi connectivity index (χ1) is 12.9. The standard InChI is InChI=1S/C19H22Cl2N4O2/c1-4-6-13(7-5-2)24-11-22-17-16(24)18(26)23(3)19(27)25(17)15-9-8-12(20)10-14(15)21/h8-11,13H,4-7H2,1-3H3. The predicted molar refractivity (Wildman–Crippen MR) is 109 cm³/mol. The van der Waals surface area contributed by atoms with Gasteiger partial charge in [0.1, 0.15) is 0 Å². The van der Waals surface area contributed by atoms with Gasteiger partial charge in [-0.1, -0.05) is 49.9 Å². The zero-order valence-electron chi connectivity index (χ0n) is 15.6. The lowest BCUT2D eigenvalue weighted by Crippen LogP contribution is -2.38. The van der Waals surface area contributed by atoms with Crippen molar-refractivity contribution in [1.29, 1.82) is 0 Å². The molecular formula is C19H22Cl2N4O2. The molecule has 3 rings (SSSR count). The first kappa shape index (κ1) is 19.7. The summed E-state index contributed by atoms with van der Waals surface area (Å²) in [4.78, 5) is 30.2. The molecule has 2 heterocycles. The highest BCUT2D eigenvalue weighted by Gasteiger charge is 2.22. The molecule has 0 aliphatic carbocycles. The summed E-state index contributed by atoms with van der Waals surface area (Å²) in [5.41, 5.74) is 0.314. The molecule has 144 valence electrons. The van der Waals surface area contributed by atoms with Crippen LogP contribution in [0.15, 0.2) is 34.1 Å². The Morgan fingerprint density at radius 1 is 1.11 bits per heavy atom. The molecule has 0 fully saturated rings. The molecule has 27 heavy (non-hydrogen) atoms. The van der Waals surface area contributed by atoms with Crippen molar-refractivity contribution in [3.05, 3.63) is 55.4 Å². The van der Waals surface area contributed by atoms with Crippen LogP contribution in [0.3, 0.4) is 0 Å². The quantitative estimate of drug-likeness (QED) is 0.609. The van der Waals surface area contributed by atoms with Gasteiger partial charge in [0, 0.05) is 18.1 Å². The van der Waals surface area contributed by atoms with Gasteiger partial charge in [-0.15, -0.1) is 0 Å². The molecule has 0 amide bonds. The first-order valence-electron chi connectivity index (χ1n) is 9.04. The van der Waals surface area contributed by atoms with Crippen molar-refractivity contribution in [3.63, 3.8) is 0 Å². The lowest BCUT2D eigenvalue weighted by molar-refractivity contribution is 0.434. The third-order valence-electron chi connectivity index (χ3n) is 4.76. The number of fused-ring (bicyclic) bond motifs is 1. The van der Waals surface area contributed by atoms with E-state index in [1.54, 1.807) is 24.5 Å². The average Bonchev–Trinajstić information content (AvgIpc) is 3.06. The summed E-state index contributed by atoms with van der Waals surface area (Å²) in [7, 11) is 1.47. The van der Waals surface area contributed by atoms with Crippen LogP contribution >= 0.6 is 23.2 Å². The van der Waals surface area contributed by atoms with Gasteiger partial charge in [0.25, 0.3) is 5.56 Å². The Bertz CT molecular complexity index is 1090. The average molecular weight is 409 g/mol. The molecule has 8 heteroatoms. The Hall–Kier alpha value is -2.05. The molecule has 2 aromatic heterocycles. The van der Waals surface area contributed by atoms with Crippen molar-refractivity contribution in [1.82, 2.24) is 18.7 Å². The Labute approximate surface area is 167 Å². The number of halogens is 2. The first-order valence-corrected chi connectivity index (χ1v) is 9.80. The molecule has 0 saturated carbocycles. The second kappa shape index (κ2) is 7.90. The zero-order valence-corrected chi connectivity index (χ0v) is 17.1. The van der Waals surface area contributed by atoms with Crippen LogP contribution in [-0.2, 0) is 7.05 Å². The molecule has 0 unspecified atom stereocenters. The van der Waals surface area contributed by atoms with Crippen LogP contribution in [0.4, 0.5) is 0 Å². The van der Waals surface area contributed by atoms with Crippen LogP contribution in [0.5, 0.6) is 0 Å². The lowest BCUT2D eigenvalue weighted by Gasteiger charge is -2.18. The van der Waals surface area contributed by atoms with E-state index in [1.165, 1.54) is 11.6 Å². The molecular weight excluding hydrogens is 387 g/mol. The smallest absolute Gasteiger partial charge is 0.322 e. The summed E-state index contributed by atoms with van der Waals surface area (Å²) < 4.78 is 4.38. The number of rotatable bonds is 6. The van der Waals surface area contributed by atoms with Crippen molar-refractivity contribution in [2.75, 3.05) is 0 Å². The normalized spacial score (nSPS) is 11.6. The van der Waals surface area contributed by atoms with E-state index in [4.69, 9.17) is 23.2 Å². The van der Waals surface area contributed by atoms with E-state index in [2.05, 4.69) is 18.8 Å². The minimum atomic E-state index is -0.496. The highest BCUT2D eigenvalue weighted by molar-refractivity contribution is 6.35. The molecule has 0 bridgehead atoms. The maximum Gasteiger partial charge on any atom is 0.337 e. The molecule has 0 saturated heterocycles. The third-order valence-corrected chi connectivity index (χ3v) is 5.30. The second-order valence-corrected chi connectivity index (χ2v) is 7.48. The van der Waals surface area contributed by atoms with Gasteiger partial charge in [0.15, 0.2) is 11.2 Å². The summed E-state index contributed by atoms with van der Waals surface area (Å²) in [5.74, 6) is 0.